The van der Waals surface area contributed by atoms with Crippen molar-refractivity contribution in [2.45, 2.75) is 34.1 Å². The van der Waals surface area contributed by atoms with Gasteiger partial charge in [-0.2, -0.15) is 0 Å². The van der Waals surface area contributed by atoms with Crippen molar-refractivity contribution in [1.29, 1.82) is 0 Å². The second-order valence-electron chi connectivity index (χ2n) is 6.64. The van der Waals surface area contributed by atoms with Crippen LogP contribution < -0.4 is 15.4 Å². The van der Waals surface area contributed by atoms with Gasteiger partial charge in [0.2, 0.25) is 11.8 Å². The minimum absolute atomic E-state index is 0.0367. The van der Waals surface area contributed by atoms with Gasteiger partial charge in [-0.25, -0.2) is 0 Å². The number of hydrogen-bond acceptors (Lipinski definition) is 3. The number of carbonyl (C=O) groups excluding carboxylic acids is 2. The van der Waals surface area contributed by atoms with E-state index in [1.54, 1.807) is 24.3 Å². The van der Waals surface area contributed by atoms with Crippen molar-refractivity contribution < 1.29 is 14.3 Å². The molecule has 0 atom stereocenters. The van der Waals surface area contributed by atoms with Gasteiger partial charge in [-0.05, 0) is 55.3 Å². The predicted molar refractivity (Wildman–Crippen MR) is 105 cm³/mol. The fourth-order valence-corrected chi connectivity index (χ4v) is 2.26. The molecule has 0 bridgehead atoms. The number of rotatable bonds is 7. The lowest BCUT2D eigenvalue weighted by Crippen LogP contribution is -2.18. The van der Waals surface area contributed by atoms with Crippen LogP contribution in [0.1, 0.15) is 31.4 Å². The molecule has 5 heteroatoms. The molecule has 0 heterocycles. The molecule has 2 aromatic carbocycles. The van der Waals surface area contributed by atoms with Crippen LogP contribution in [0.2, 0.25) is 0 Å². The zero-order valence-corrected chi connectivity index (χ0v) is 15.8. The summed E-state index contributed by atoms with van der Waals surface area (Å²) in [5, 5.41) is 5.64. The van der Waals surface area contributed by atoms with Gasteiger partial charge in [-0.1, -0.05) is 26.0 Å². The van der Waals surface area contributed by atoms with E-state index in [9.17, 15) is 9.59 Å². The van der Waals surface area contributed by atoms with Crippen LogP contribution in [0, 0.1) is 19.8 Å². The average Bonchev–Trinajstić information content (AvgIpc) is 2.59. The molecule has 2 aromatic rings. The molecule has 0 aromatic heterocycles. The molecule has 2 N–H and O–H groups in total. The van der Waals surface area contributed by atoms with Crippen LogP contribution >= 0.6 is 0 Å². The zero-order valence-electron chi connectivity index (χ0n) is 15.8. The molecule has 0 radical (unpaired) electrons. The Balaban J connectivity index is 1.80. The largest absolute Gasteiger partial charge is 0.493 e. The van der Waals surface area contributed by atoms with E-state index in [0.717, 1.165) is 16.9 Å². The lowest BCUT2D eigenvalue weighted by atomic mass is 10.1. The van der Waals surface area contributed by atoms with Gasteiger partial charge < -0.3 is 15.4 Å². The van der Waals surface area contributed by atoms with Crippen LogP contribution in [0.4, 0.5) is 11.4 Å². The Morgan fingerprint density at radius 2 is 1.58 bits per heavy atom. The van der Waals surface area contributed by atoms with E-state index in [1.165, 1.54) is 0 Å². The number of hydrogen-bond donors (Lipinski definition) is 2. The summed E-state index contributed by atoms with van der Waals surface area (Å²) < 4.78 is 5.70. The zero-order chi connectivity index (χ0) is 19.1. The van der Waals surface area contributed by atoms with Crippen molar-refractivity contribution in [1.82, 2.24) is 0 Å². The summed E-state index contributed by atoms with van der Waals surface area (Å²) in [6.07, 6.45) is 0.263. The molecular formula is C21H26N2O3. The van der Waals surface area contributed by atoms with Crippen molar-refractivity contribution >= 4 is 23.2 Å². The Kier molecular flexibility index (Phi) is 6.78. The van der Waals surface area contributed by atoms with Crippen LogP contribution in [-0.4, -0.2) is 18.4 Å². The van der Waals surface area contributed by atoms with Crippen LogP contribution in [0.25, 0.3) is 0 Å². The van der Waals surface area contributed by atoms with Gasteiger partial charge in [0.1, 0.15) is 5.75 Å². The normalized spacial score (nSPS) is 10.5. The molecule has 5 nitrogen and oxygen atoms in total. The Hall–Kier alpha value is -2.82. The van der Waals surface area contributed by atoms with Gasteiger partial charge in [0.25, 0.3) is 0 Å². The highest BCUT2D eigenvalue weighted by Gasteiger charge is 2.08. The van der Waals surface area contributed by atoms with Crippen molar-refractivity contribution in [2.75, 3.05) is 17.2 Å². The molecular weight excluding hydrogens is 328 g/mol. The Morgan fingerprint density at radius 1 is 0.962 bits per heavy atom. The molecule has 26 heavy (non-hydrogen) atoms. The maximum Gasteiger partial charge on any atom is 0.227 e. The molecule has 2 rings (SSSR count). The summed E-state index contributed by atoms with van der Waals surface area (Å²) in [6, 6.07) is 13.1. The Labute approximate surface area is 154 Å². The molecule has 138 valence electrons. The summed E-state index contributed by atoms with van der Waals surface area (Å²) >= 11 is 0. The molecule has 0 aliphatic rings. The quantitative estimate of drug-likeness (QED) is 0.779. The maximum atomic E-state index is 12.0. The van der Waals surface area contributed by atoms with Crippen molar-refractivity contribution in [3.63, 3.8) is 0 Å². The van der Waals surface area contributed by atoms with Crippen LogP contribution in [0.5, 0.6) is 5.75 Å². The van der Waals surface area contributed by atoms with E-state index in [0.29, 0.717) is 18.0 Å². The Bertz CT molecular complexity index is 767. The van der Waals surface area contributed by atoms with Crippen molar-refractivity contribution in [2.24, 2.45) is 5.92 Å². The lowest BCUT2D eigenvalue weighted by molar-refractivity contribution is -0.119. The number of amides is 2. The molecule has 2 amide bonds. The smallest absolute Gasteiger partial charge is 0.227 e. The third-order valence-corrected chi connectivity index (χ3v) is 3.89. The fourth-order valence-electron chi connectivity index (χ4n) is 2.26. The van der Waals surface area contributed by atoms with Gasteiger partial charge >= 0.3 is 0 Å². The number of carbonyl (C=O) groups is 2. The highest BCUT2D eigenvalue weighted by atomic mass is 16.5. The molecule has 0 aliphatic heterocycles. The maximum absolute atomic E-state index is 12.0. The second kappa shape index (κ2) is 9.04. The minimum atomic E-state index is -0.116. The number of aryl methyl sites for hydroxylation is 2. The Morgan fingerprint density at radius 3 is 2.19 bits per heavy atom. The summed E-state index contributed by atoms with van der Waals surface area (Å²) in [4.78, 5) is 23.7. The van der Waals surface area contributed by atoms with E-state index >= 15 is 0 Å². The van der Waals surface area contributed by atoms with Gasteiger partial charge in [-0.3, -0.25) is 9.59 Å². The predicted octanol–water partition coefficient (Wildman–Crippen LogP) is 4.31. The number of nitrogens with one attached hydrogen (secondary N) is 2. The van der Waals surface area contributed by atoms with Gasteiger partial charge in [-0.15, -0.1) is 0 Å². The number of anilines is 2. The molecule has 0 saturated carbocycles. The van der Waals surface area contributed by atoms with Gasteiger partial charge in [0.05, 0.1) is 13.0 Å². The van der Waals surface area contributed by atoms with Gasteiger partial charge in [0.15, 0.2) is 0 Å². The molecule has 0 fully saturated rings. The minimum Gasteiger partial charge on any atom is -0.493 e. The van der Waals surface area contributed by atoms with Gasteiger partial charge in [0, 0.05) is 17.3 Å². The number of benzene rings is 2. The first-order chi connectivity index (χ1) is 12.3. The lowest BCUT2D eigenvalue weighted by Gasteiger charge is -2.11. The summed E-state index contributed by atoms with van der Waals surface area (Å²) in [5.41, 5.74) is 3.57. The van der Waals surface area contributed by atoms with E-state index in [2.05, 4.69) is 10.6 Å². The van der Waals surface area contributed by atoms with E-state index < -0.39 is 0 Å². The monoisotopic (exact) mass is 354 g/mol. The highest BCUT2D eigenvalue weighted by molar-refractivity contribution is 5.93. The summed E-state index contributed by atoms with van der Waals surface area (Å²) in [5.74, 6) is 0.578. The first-order valence-electron chi connectivity index (χ1n) is 8.76. The second-order valence-corrected chi connectivity index (χ2v) is 6.64. The topological polar surface area (TPSA) is 67.4 Å². The first kappa shape index (κ1) is 19.5. The number of ether oxygens (including phenoxy) is 1. The van der Waals surface area contributed by atoms with Crippen molar-refractivity contribution in [3.8, 4) is 5.75 Å². The van der Waals surface area contributed by atoms with E-state index in [4.69, 9.17) is 4.74 Å². The molecule has 0 spiro atoms. The third kappa shape index (κ3) is 5.92. The van der Waals surface area contributed by atoms with Crippen molar-refractivity contribution in [3.05, 3.63) is 53.6 Å². The average molecular weight is 354 g/mol. The van der Waals surface area contributed by atoms with Crippen LogP contribution in [0.3, 0.4) is 0 Å². The SMILES string of the molecule is Cc1ccc(C)c(OCCC(=O)Nc2ccc(NC(=O)C(C)C)cc2)c1. The summed E-state index contributed by atoms with van der Waals surface area (Å²) in [6.45, 7) is 7.98. The van der Waals surface area contributed by atoms with Crippen LogP contribution in [-0.2, 0) is 9.59 Å². The fraction of sp³-hybridized carbons (Fsp3) is 0.333. The molecule has 0 unspecified atom stereocenters. The van der Waals surface area contributed by atoms with E-state index in [1.807, 2.05) is 45.9 Å². The highest BCUT2D eigenvalue weighted by Crippen LogP contribution is 2.19. The van der Waals surface area contributed by atoms with Crippen LogP contribution in [0.15, 0.2) is 42.5 Å². The first-order valence-corrected chi connectivity index (χ1v) is 8.76. The molecule has 0 aliphatic carbocycles. The molecule has 0 saturated heterocycles. The summed E-state index contributed by atoms with van der Waals surface area (Å²) in [7, 11) is 0. The third-order valence-electron chi connectivity index (χ3n) is 3.89. The van der Waals surface area contributed by atoms with E-state index in [-0.39, 0.29) is 24.2 Å². The standard InChI is InChI=1S/C21H26N2O3/c1-14(2)21(25)23-18-9-7-17(8-10-18)22-20(24)11-12-26-19-13-15(3)5-6-16(19)4/h5-10,13-14H,11-12H2,1-4H3,(H,22,24)(H,23,25).